The molecule has 4 aliphatic heterocycles. The van der Waals surface area contributed by atoms with Crippen LogP contribution in [0.2, 0.25) is 0 Å². The lowest BCUT2D eigenvalue weighted by atomic mass is 9.66. The number of hydrogen-bond donors (Lipinski definition) is 0. The van der Waals surface area contributed by atoms with Crippen LogP contribution in [0, 0.1) is 28.1 Å². The van der Waals surface area contributed by atoms with Gasteiger partial charge in [-0.3, -0.25) is 0 Å². The van der Waals surface area contributed by atoms with Gasteiger partial charge in [0.1, 0.15) is 17.7 Å². The van der Waals surface area contributed by atoms with E-state index in [-0.39, 0.29) is 0 Å². The van der Waals surface area contributed by atoms with Crippen molar-refractivity contribution in [1.29, 1.82) is 10.5 Å². The Bertz CT molecular complexity index is 678. The Morgan fingerprint density at radius 1 is 1.30 bits per heavy atom. The molecule has 0 amide bonds. The van der Waals surface area contributed by atoms with Crippen LogP contribution < -0.4 is 0 Å². The second kappa shape index (κ2) is 3.50. The number of methoxy groups -OCH3 is 1. The van der Waals surface area contributed by atoms with Gasteiger partial charge in [0, 0.05) is 0 Å². The molecule has 0 unspecified atom stereocenters. The van der Waals surface area contributed by atoms with Crippen LogP contribution in [0.4, 0.5) is 0 Å². The SMILES string of the molecule is COC1=N[C@@]2(C)C(C)=C(C)[C@@]1(C#N)[C@H]1C=C[C@]2(C#N)O1. The Kier molecular flexibility index (Phi) is 2.26. The van der Waals surface area contributed by atoms with Gasteiger partial charge in [0.05, 0.1) is 13.2 Å². The molecule has 0 saturated heterocycles. The number of hydrogen-bond acceptors (Lipinski definition) is 5. The molecule has 4 atom stereocenters. The molecule has 0 aromatic carbocycles. The topological polar surface area (TPSA) is 78.4 Å². The van der Waals surface area contributed by atoms with Gasteiger partial charge >= 0.3 is 0 Å². The number of nitriles is 2. The van der Waals surface area contributed by atoms with Crippen molar-refractivity contribution < 1.29 is 9.47 Å². The zero-order valence-corrected chi connectivity index (χ0v) is 11.9. The zero-order valence-electron chi connectivity index (χ0n) is 11.9. The quantitative estimate of drug-likeness (QED) is 0.629. The Hall–Kier alpha value is -2.11. The Labute approximate surface area is 117 Å². The van der Waals surface area contributed by atoms with Gasteiger partial charge in [-0.1, -0.05) is 6.08 Å². The summed E-state index contributed by atoms with van der Waals surface area (Å²) in [6.07, 6.45) is 2.97. The van der Waals surface area contributed by atoms with Gasteiger partial charge in [-0.25, -0.2) is 4.99 Å². The van der Waals surface area contributed by atoms with Crippen LogP contribution in [0.15, 0.2) is 28.3 Å². The summed E-state index contributed by atoms with van der Waals surface area (Å²) in [4.78, 5) is 4.61. The third-order valence-corrected chi connectivity index (χ3v) is 5.05. The van der Waals surface area contributed by atoms with Gasteiger partial charge in [-0.05, 0) is 38.0 Å². The lowest BCUT2D eigenvalue weighted by Gasteiger charge is -2.41. The summed E-state index contributed by atoms with van der Waals surface area (Å²) < 4.78 is 11.4. The molecule has 4 aliphatic rings. The van der Waals surface area contributed by atoms with Crippen molar-refractivity contribution in [2.45, 2.75) is 38.0 Å². The molecule has 0 aromatic rings. The maximum atomic E-state index is 9.80. The fraction of sp³-hybridized carbons (Fsp3) is 0.533. The summed E-state index contributed by atoms with van der Waals surface area (Å²) in [5.41, 5.74) is -1.38. The van der Waals surface area contributed by atoms with E-state index in [0.29, 0.717) is 5.90 Å². The van der Waals surface area contributed by atoms with E-state index in [2.05, 4.69) is 17.1 Å². The van der Waals surface area contributed by atoms with Crippen molar-refractivity contribution in [2.24, 2.45) is 10.4 Å². The molecule has 0 radical (unpaired) electrons. The summed E-state index contributed by atoms with van der Waals surface area (Å²) in [5.74, 6) is 0.331. The second-order valence-electron chi connectivity index (χ2n) is 5.61. The smallest absolute Gasteiger partial charge is 0.212 e. The predicted octanol–water partition coefficient (Wildman–Crippen LogP) is 1.88. The largest absolute Gasteiger partial charge is 0.483 e. The molecule has 0 aromatic heterocycles. The first-order chi connectivity index (χ1) is 9.41. The summed E-state index contributed by atoms with van der Waals surface area (Å²) in [5, 5.41) is 19.5. The van der Waals surface area contributed by atoms with E-state index in [1.165, 1.54) is 7.11 Å². The lowest BCUT2D eigenvalue weighted by Crippen LogP contribution is -2.51. The summed E-state index contributed by atoms with van der Waals surface area (Å²) in [6.45, 7) is 5.66. The van der Waals surface area contributed by atoms with Crippen LogP contribution in [0.5, 0.6) is 0 Å². The Morgan fingerprint density at radius 3 is 2.55 bits per heavy atom. The minimum absolute atomic E-state index is 0.331. The molecule has 0 N–H and O–H groups in total. The molecule has 4 rings (SSSR count). The van der Waals surface area contributed by atoms with Crippen LogP contribution in [0.1, 0.15) is 20.8 Å². The van der Waals surface area contributed by atoms with Crippen LogP contribution in [0.25, 0.3) is 0 Å². The first-order valence-corrected chi connectivity index (χ1v) is 6.44. The van der Waals surface area contributed by atoms with Crippen LogP contribution in [0.3, 0.4) is 0 Å². The van der Waals surface area contributed by atoms with E-state index in [1.807, 2.05) is 20.8 Å². The average molecular weight is 269 g/mol. The van der Waals surface area contributed by atoms with Gasteiger partial charge in [0.15, 0.2) is 5.41 Å². The number of nitrogens with zero attached hydrogens (tertiary/aromatic N) is 3. The van der Waals surface area contributed by atoms with Gasteiger partial charge in [-0.2, -0.15) is 10.5 Å². The molecule has 102 valence electrons. The van der Waals surface area contributed by atoms with Crippen molar-refractivity contribution in [3.8, 4) is 12.1 Å². The molecular formula is C15H15N3O2. The van der Waals surface area contributed by atoms with E-state index >= 15 is 0 Å². The summed E-state index contributed by atoms with van der Waals surface area (Å²) in [7, 11) is 1.50. The Morgan fingerprint density at radius 2 is 2.00 bits per heavy atom. The first kappa shape index (κ1) is 12.9. The highest BCUT2D eigenvalue weighted by molar-refractivity contribution is 5.93. The third kappa shape index (κ3) is 1.02. The lowest BCUT2D eigenvalue weighted by molar-refractivity contribution is -0.0244. The minimum atomic E-state index is -1.18. The molecule has 0 fully saturated rings. The van der Waals surface area contributed by atoms with Crippen molar-refractivity contribution in [3.63, 3.8) is 0 Å². The molecule has 0 saturated carbocycles. The molecule has 5 heteroatoms. The summed E-state index contributed by atoms with van der Waals surface area (Å²) >= 11 is 0. The number of rotatable bonds is 0. The highest BCUT2D eigenvalue weighted by Gasteiger charge is 2.67. The first-order valence-electron chi connectivity index (χ1n) is 6.44. The van der Waals surface area contributed by atoms with Gasteiger partial charge < -0.3 is 9.47 Å². The van der Waals surface area contributed by atoms with Crippen molar-refractivity contribution in [2.75, 3.05) is 7.11 Å². The Balaban J connectivity index is 2.43. The van der Waals surface area contributed by atoms with Crippen molar-refractivity contribution in [1.82, 2.24) is 0 Å². The number of ether oxygens (including phenoxy) is 2. The van der Waals surface area contributed by atoms with Crippen molar-refractivity contribution >= 4 is 5.90 Å². The van der Waals surface area contributed by atoms with E-state index in [9.17, 15) is 10.5 Å². The molecule has 0 aliphatic carbocycles. The fourth-order valence-corrected chi connectivity index (χ4v) is 3.48. The fourth-order valence-electron chi connectivity index (χ4n) is 3.48. The maximum Gasteiger partial charge on any atom is 0.212 e. The monoisotopic (exact) mass is 269 g/mol. The van der Waals surface area contributed by atoms with E-state index in [1.54, 1.807) is 12.2 Å². The highest BCUT2D eigenvalue weighted by Crippen LogP contribution is 2.56. The molecule has 5 nitrogen and oxygen atoms in total. The second-order valence-corrected chi connectivity index (χ2v) is 5.61. The van der Waals surface area contributed by atoms with Gasteiger partial charge in [0.2, 0.25) is 11.5 Å². The van der Waals surface area contributed by atoms with Crippen LogP contribution in [-0.2, 0) is 9.47 Å². The number of aliphatic imine (C=N–C) groups is 1. The van der Waals surface area contributed by atoms with E-state index in [4.69, 9.17) is 9.47 Å². The van der Waals surface area contributed by atoms with Crippen LogP contribution in [-0.4, -0.2) is 30.3 Å². The summed E-state index contributed by atoms with van der Waals surface area (Å²) in [6, 6.07) is 4.55. The minimum Gasteiger partial charge on any atom is -0.483 e. The van der Waals surface area contributed by atoms with E-state index in [0.717, 1.165) is 11.1 Å². The molecule has 4 heterocycles. The molecule has 4 bridgehead atoms. The zero-order chi connectivity index (χ0) is 14.8. The molecule has 0 spiro atoms. The van der Waals surface area contributed by atoms with Gasteiger partial charge in [0.25, 0.3) is 0 Å². The number of dihydropyridines is 1. The average Bonchev–Trinajstić information content (AvgIpc) is 2.86. The standard InChI is InChI=1S/C15H15N3O2/c1-9-10(2)15(8-17)11-5-6-14(7-16,20-11)13(9,3)18-12(15)19-4/h5-6,11H,1-4H3/t11-,13+,14-,15+/m1/s1. The van der Waals surface area contributed by atoms with E-state index < -0.39 is 22.7 Å². The third-order valence-electron chi connectivity index (χ3n) is 5.05. The molecular weight excluding hydrogens is 254 g/mol. The van der Waals surface area contributed by atoms with Crippen molar-refractivity contribution in [3.05, 3.63) is 23.3 Å². The van der Waals surface area contributed by atoms with Gasteiger partial charge in [-0.15, -0.1) is 0 Å². The predicted molar refractivity (Wildman–Crippen MR) is 71.6 cm³/mol. The maximum absolute atomic E-state index is 9.80. The highest BCUT2D eigenvalue weighted by atomic mass is 16.5. The molecule has 20 heavy (non-hydrogen) atoms. The normalized spacial score (nSPS) is 44.7. The van der Waals surface area contributed by atoms with Crippen LogP contribution >= 0.6 is 0 Å².